The molecule has 136 valence electrons. The summed E-state index contributed by atoms with van der Waals surface area (Å²) in [6.07, 6.45) is 0.958. The van der Waals surface area contributed by atoms with Gasteiger partial charge in [-0.25, -0.2) is 4.68 Å². The Morgan fingerprint density at radius 1 is 1.24 bits per heavy atom. The molecule has 0 unspecified atom stereocenters. The third-order valence-electron chi connectivity index (χ3n) is 5.02. The SMILES string of the molecule is CCC(C)(C)n1nnnc1[C@@H](c1ccccc1OC)N1CCSCC1. The molecule has 0 aliphatic carbocycles. The van der Waals surface area contributed by atoms with Gasteiger partial charge in [0.05, 0.1) is 12.6 Å². The van der Waals surface area contributed by atoms with Crippen molar-refractivity contribution in [1.82, 2.24) is 25.1 Å². The van der Waals surface area contributed by atoms with Crippen LogP contribution < -0.4 is 4.74 Å². The van der Waals surface area contributed by atoms with E-state index in [2.05, 4.69) is 53.3 Å². The number of methoxy groups -OCH3 is 1. The number of para-hydroxylation sites is 1. The van der Waals surface area contributed by atoms with E-state index in [1.807, 2.05) is 28.6 Å². The minimum absolute atomic E-state index is 0.00197. The van der Waals surface area contributed by atoms with Gasteiger partial charge in [-0.05, 0) is 36.8 Å². The average Bonchev–Trinajstić information content (AvgIpc) is 3.13. The number of rotatable bonds is 6. The number of aromatic nitrogens is 4. The van der Waals surface area contributed by atoms with Crippen molar-refractivity contribution < 1.29 is 4.74 Å². The van der Waals surface area contributed by atoms with Gasteiger partial charge in [0.1, 0.15) is 11.8 Å². The van der Waals surface area contributed by atoms with Gasteiger partial charge >= 0.3 is 0 Å². The van der Waals surface area contributed by atoms with E-state index in [4.69, 9.17) is 4.74 Å². The van der Waals surface area contributed by atoms with Crippen molar-refractivity contribution in [3.05, 3.63) is 35.7 Å². The Labute approximate surface area is 153 Å². The van der Waals surface area contributed by atoms with E-state index in [1.54, 1.807) is 7.11 Å². The largest absolute Gasteiger partial charge is 0.496 e. The number of ether oxygens (including phenoxy) is 1. The van der Waals surface area contributed by atoms with Gasteiger partial charge in [0.25, 0.3) is 0 Å². The van der Waals surface area contributed by atoms with Crippen molar-refractivity contribution in [2.24, 2.45) is 0 Å². The van der Waals surface area contributed by atoms with E-state index >= 15 is 0 Å². The van der Waals surface area contributed by atoms with Crippen LogP contribution in [0.1, 0.15) is 44.6 Å². The fourth-order valence-corrected chi connectivity index (χ4v) is 4.10. The Hall–Kier alpha value is -1.60. The summed E-state index contributed by atoms with van der Waals surface area (Å²) in [5.41, 5.74) is 0.990. The maximum Gasteiger partial charge on any atom is 0.173 e. The molecule has 2 aromatic rings. The molecule has 1 fully saturated rings. The Morgan fingerprint density at radius 3 is 2.64 bits per heavy atom. The van der Waals surface area contributed by atoms with Gasteiger partial charge in [0, 0.05) is 30.2 Å². The molecule has 1 aliphatic heterocycles. The molecular formula is C18H27N5OS. The molecule has 2 heterocycles. The topological polar surface area (TPSA) is 56.1 Å². The van der Waals surface area contributed by atoms with Crippen LogP contribution in [-0.2, 0) is 5.54 Å². The van der Waals surface area contributed by atoms with Gasteiger partial charge < -0.3 is 4.74 Å². The van der Waals surface area contributed by atoms with E-state index in [-0.39, 0.29) is 11.6 Å². The molecule has 1 aromatic carbocycles. The molecule has 1 atom stereocenters. The Kier molecular flexibility index (Phi) is 5.64. The zero-order chi connectivity index (χ0) is 17.9. The predicted molar refractivity (Wildman–Crippen MR) is 101 cm³/mol. The highest BCUT2D eigenvalue weighted by molar-refractivity contribution is 7.99. The van der Waals surface area contributed by atoms with E-state index in [9.17, 15) is 0 Å². The van der Waals surface area contributed by atoms with E-state index in [1.165, 1.54) is 0 Å². The van der Waals surface area contributed by atoms with Crippen molar-refractivity contribution in [3.8, 4) is 5.75 Å². The van der Waals surface area contributed by atoms with Gasteiger partial charge in [0.15, 0.2) is 5.82 Å². The number of nitrogens with zero attached hydrogens (tertiary/aromatic N) is 5. The summed E-state index contributed by atoms with van der Waals surface area (Å²) in [5, 5.41) is 12.8. The Bertz CT molecular complexity index is 696. The highest BCUT2D eigenvalue weighted by Gasteiger charge is 2.34. The lowest BCUT2D eigenvalue weighted by molar-refractivity contribution is 0.209. The molecule has 1 aliphatic rings. The minimum atomic E-state index is -0.135. The van der Waals surface area contributed by atoms with Gasteiger partial charge in [0.2, 0.25) is 0 Å². The molecule has 6 nitrogen and oxygen atoms in total. The van der Waals surface area contributed by atoms with Gasteiger partial charge in [-0.15, -0.1) is 5.10 Å². The second-order valence-electron chi connectivity index (χ2n) is 6.91. The van der Waals surface area contributed by atoms with Crippen molar-refractivity contribution in [2.45, 2.75) is 38.8 Å². The quantitative estimate of drug-likeness (QED) is 0.788. The lowest BCUT2D eigenvalue weighted by Crippen LogP contribution is -2.40. The molecule has 0 saturated carbocycles. The van der Waals surface area contributed by atoms with Crippen LogP contribution in [0.5, 0.6) is 5.75 Å². The number of tetrazole rings is 1. The molecule has 0 radical (unpaired) electrons. The van der Waals surface area contributed by atoms with Gasteiger partial charge in [-0.2, -0.15) is 11.8 Å². The molecule has 0 bridgehead atoms. The summed E-state index contributed by atoms with van der Waals surface area (Å²) in [6, 6.07) is 8.20. The van der Waals surface area contributed by atoms with Crippen LogP contribution in [0.15, 0.2) is 24.3 Å². The van der Waals surface area contributed by atoms with Gasteiger partial charge in [-0.1, -0.05) is 25.1 Å². The summed E-state index contributed by atoms with van der Waals surface area (Å²) in [5.74, 6) is 4.03. The maximum atomic E-state index is 5.66. The fourth-order valence-electron chi connectivity index (χ4n) is 3.17. The van der Waals surface area contributed by atoms with Crippen LogP contribution in [0.2, 0.25) is 0 Å². The van der Waals surface area contributed by atoms with Crippen molar-refractivity contribution in [1.29, 1.82) is 0 Å². The van der Waals surface area contributed by atoms with Crippen LogP contribution in [0.25, 0.3) is 0 Å². The number of hydrogen-bond acceptors (Lipinski definition) is 6. The second-order valence-corrected chi connectivity index (χ2v) is 8.13. The third kappa shape index (κ3) is 3.67. The third-order valence-corrected chi connectivity index (χ3v) is 5.96. The number of benzene rings is 1. The van der Waals surface area contributed by atoms with E-state index < -0.39 is 0 Å². The summed E-state index contributed by atoms with van der Waals surface area (Å²) in [6.45, 7) is 8.57. The first-order valence-corrected chi connectivity index (χ1v) is 9.97. The Balaban J connectivity index is 2.11. The van der Waals surface area contributed by atoms with Crippen LogP contribution in [0.4, 0.5) is 0 Å². The molecular weight excluding hydrogens is 334 g/mol. The molecule has 0 amide bonds. The van der Waals surface area contributed by atoms with E-state index in [0.717, 1.165) is 48.2 Å². The first-order valence-electron chi connectivity index (χ1n) is 8.82. The molecule has 25 heavy (non-hydrogen) atoms. The molecule has 1 aromatic heterocycles. The normalized spacial score (nSPS) is 17.4. The van der Waals surface area contributed by atoms with Crippen molar-refractivity contribution >= 4 is 11.8 Å². The Morgan fingerprint density at radius 2 is 1.96 bits per heavy atom. The summed E-state index contributed by atoms with van der Waals surface area (Å²) < 4.78 is 7.65. The van der Waals surface area contributed by atoms with Crippen LogP contribution in [0.3, 0.4) is 0 Å². The summed E-state index contributed by atoms with van der Waals surface area (Å²) in [4.78, 5) is 2.47. The predicted octanol–water partition coefficient (Wildman–Crippen LogP) is 2.97. The second kappa shape index (κ2) is 7.74. The first-order chi connectivity index (χ1) is 12.1. The lowest BCUT2D eigenvalue weighted by atomic mass is 9.99. The number of hydrogen-bond donors (Lipinski definition) is 0. The zero-order valence-corrected chi connectivity index (χ0v) is 16.3. The van der Waals surface area contributed by atoms with Gasteiger partial charge in [-0.3, -0.25) is 4.90 Å². The summed E-state index contributed by atoms with van der Waals surface area (Å²) in [7, 11) is 1.72. The van der Waals surface area contributed by atoms with Crippen molar-refractivity contribution in [2.75, 3.05) is 31.7 Å². The first kappa shape index (κ1) is 18.2. The smallest absolute Gasteiger partial charge is 0.173 e. The molecule has 1 saturated heterocycles. The highest BCUT2D eigenvalue weighted by atomic mass is 32.2. The molecule has 0 spiro atoms. The zero-order valence-electron chi connectivity index (χ0n) is 15.5. The van der Waals surface area contributed by atoms with Crippen LogP contribution in [0, 0.1) is 0 Å². The molecule has 0 N–H and O–H groups in total. The van der Waals surface area contributed by atoms with Crippen LogP contribution in [-0.4, -0.2) is 56.8 Å². The monoisotopic (exact) mass is 361 g/mol. The standard InChI is InChI=1S/C18H27N5OS/c1-5-18(2,3)23-17(19-20-21-23)16(22-10-12-25-13-11-22)14-8-6-7-9-15(14)24-4/h6-9,16H,5,10-13H2,1-4H3/t16-/m1/s1. The average molecular weight is 362 g/mol. The van der Waals surface area contributed by atoms with Crippen molar-refractivity contribution in [3.63, 3.8) is 0 Å². The van der Waals surface area contributed by atoms with E-state index in [0.29, 0.717) is 0 Å². The summed E-state index contributed by atoms with van der Waals surface area (Å²) >= 11 is 2.00. The lowest BCUT2D eigenvalue weighted by Gasteiger charge is -2.36. The molecule has 7 heteroatoms. The number of thioether (sulfide) groups is 1. The highest BCUT2D eigenvalue weighted by Crippen LogP contribution is 2.36. The maximum absolute atomic E-state index is 5.66. The fraction of sp³-hybridized carbons (Fsp3) is 0.611. The van der Waals surface area contributed by atoms with Crippen LogP contribution >= 0.6 is 11.8 Å². The molecule has 3 rings (SSSR count). The minimum Gasteiger partial charge on any atom is -0.496 e.